The second-order valence-corrected chi connectivity index (χ2v) is 10.3. The van der Waals surface area contributed by atoms with E-state index in [-0.39, 0.29) is 29.5 Å². The molecule has 29 heavy (non-hydrogen) atoms. The van der Waals surface area contributed by atoms with Gasteiger partial charge in [0.1, 0.15) is 0 Å². The smallest absolute Gasteiger partial charge is 0.254 e. The molecule has 2 N–H and O–H groups in total. The molecule has 0 unspecified atom stereocenters. The first-order chi connectivity index (χ1) is 13.5. The molecule has 0 aliphatic rings. The van der Waals surface area contributed by atoms with Gasteiger partial charge >= 0.3 is 0 Å². The van der Waals surface area contributed by atoms with E-state index in [1.807, 2.05) is 38.3 Å². The highest BCUT2D eigenvalue weighted by Gasteiger charge is 2.22. The van der Waals surface area contributed by atoms with Crippen LogP contribution < -0.4 is 10.0 Å². The van der Waals surface area contributed by atoms with E-state index < -0.39 is 21.5 Å². The van der Waals surface area contributed by atoms with Gasteiger partial charge in [-0.15, -0.1) is 11.3 Å². The van der Waals surface area contributed by atoms with Crippen LogP contribution in [0.3, 0.4) is 0 Å². The number of carbonyl (C=O) groups excluding carboxylic acids is 2. The standard InChI is InChI=1S/C20H27N3O4S2/c1-5-23(14-18(24)22-20(2,3)4)19(25)15-8-6-10-17(12-15)29(26,27)21-13-16-9-7-11-28-16/h6-12,21H,5,13-14H2,1-4H3,(H,22,24). The number of likely N-dealkylation sites (N-methyl/N-ethyl adjacent to an activating group) is 1. The summed E-state index contributed by atoms with van der Waals surface area (Å²) in [6.07, 6.45) is 0. The van der Waals surface area contributed by atoms with Gasteiger partial charge in [0.15, 0.2) is 0 Å². The van der Waals surface area contributed by atoms with E-state index in [1.165, 1.54) is 34.4 Å². The molecule has 0 aliphatic carbocycles. The number of amides is 2. The van der Waals surface area contributed by atoms with Crippen molar-refractivity contribution in [3.05, 3.63) is 52.2 Å². The predicted octanol–water partition coefficient (Wildman–Crippen LogP) is 2.60. The Hall–Kier alpha value is -2.23. The van der Waals surface area contributed by atoms with Crippen LogP contribution in [-0.4, -0.2) is 43.8 Å². The molecule has 1 aromatic heterocycles. The van der Waals surface area contributed by atoms with E-state index in [0.717, 1.165) is 4.88 Å². The zero-order valence-corrected chi connectivity index (χ0v) is 18.7. The summed E-state index contributed by atoms with van der Waals surface area (Å²) >= 11 is 1.46. The predicted molar refractivity (Wildman–Crippen MR) is 114 cm³/mol. The lowest BCUT2D eigenvalue weighted by atomic mass is 10.1. The summed E-state index contributed by atoms with van der Waals surface area (Å²) in [6.45, 7) is 7.77. The summed E-state index contributed by atoms with van der Waals surface area (Å²) in [6, 6.07) is 9.54. The second kappa shape index (κ2) is 9.51. The van der Waals surface area contributed by atoms with Gasteiger partial charge < -0.3 is 10.2 Å². The molecule has 0 atom stereocenters. The van der Waals surface area contributed by atoms with Crippen LogP contribution in [0.2, 0.25) is 0 Å². The highest BCUT2D eigenvalue weighted by Crippen LogP contribution is 2.15. The first-order valence-electron chi connectivity index (χ1n) is 9.24. The molecule has 0 radical (unpaired) electrons. The van der Waals surface area contributed by atoms with E-state index >= 15 is 0 Å². The Bertz CT molecular complexity index is 948. The summed E-state index contributed by atoms with van der Waals surface area (Å²) in [5.41, 5.74) is -0.184. The Labute approximate surface area is 176 Å². The second-order valence-electron chi connectivity index (χ2n) is 7.55. The third-order valence-electron chi connectivity index (χ3n) is 3.93. The van der Waals surface area contributed by atoms with Gasteiger partial charge in [0, 0.05) is 29.1 Å². The van der Waals surface area contributed by atoms with Gasteiger partial charge in [-0.05, 0) is 57.3 Å². The van der Waals surface area contributed by atoms with Crippen LogP contribution in [0.1, 0.15) is 42.9 Å². The maximum absolute atomic E-state index is 12.8. The average Bonchev–Trinajstić information content (AvgIpc) is 3.16. The van der Waals surface area contributed by atoms with E-state index in [9.17, 15) is 18.0 Å². The van der Waals surface area contributed by atoms with Crippen molar-refractivity contribution >= 4 is 33.2 Å². The molecule has 1 heterocycles. The first kappa shape index (κ1) is 23.1. The molecule has 0 fully saturated rings. The van der Waals surface area contributed by atoms with Crippen LogP contribution in [0.25, 0.3) is 0 Å². The molecule has 158 valence electrons. The summed E-state index contributed by atoms with van der Waals surface area (Å²) in [5.74, 6) is -0.666. The van der Waals surface area contributed by atoms with Crippen molar-refractivity contribution in [1.29, 1.82) is 0 Å². The minimum Gasteiger partial charge on any atom is -0.350 e. The molecule has 0 spiro atoms. The van der Waals surface area contributed by atoms with Crippen LogP contribution in [0.4, 0.5) is 0 Å². The van der Waals surface area contributed by atoms with Gasteiger partial charge in [-0.3, -0.25) is 9.59 Å². The Balaban J connectivity index is 2.13. The van der Waals surface area contributed by atoms with Gasteiger partial charge in [-0.1, -0.05) is 12.1 Å². The summed E-state index contributed by atoms with van der Waals surface area (Å²) < 4.78 is 27.7. The monoisotopic (exact) mass is 437 g/mol. The molecule has 7 nitrogen and oxygen atoms in total. The van der Waals surface area contributed by atoms with Gasteiger partial charge in [-0.25, -0.2) is 13.1 Å². The van der Waals surface area contributed by atoms with Crippen LogP contribution in [0.15, 0.2) is 46.7 Å². The highest BCUT2D eigenvalue weighted by atomic mass is 32.2. The molecule has 0 bridgehead atoms. The average molecular weight is 438 g/mol. The van der Waals surface area contributed by atoms with Gasteiger partial charge in [0.25, 0.3) is 5.91 Å². The van der Waals surface area contributed by atoms with Crippen molar-refractivity contribution in [2.45, 2.75) is 44.7 Å². The SMILES string of the molecule is CCN(CC(=O)NC(C)(C)C)C(=O)c1cccc(S(=O)(=O)NCc2cccs2)c1. The van der Waals surface area contributed by atoms with E-state index in [2.05, 4.69) is 10.0 Å². The number of nitrogens with zero attached hydrogens (tertiary/aromatic N) is 1. The van der Waals surface area contributed by atoms with Crippen molar-refractivity contribution in [3.63, 3.8) is 0 Å². The first-order valence-corrected chi connectivity index (χ1v) is 11.6. The maximum atomic E-state index is 12.8. The lowest BCUT2D eigenvalue weighted by molar-refractivity contribution is -0.123. The Morgan fingerprint density at radius 1 is 1.14 bits per heavy atom. The largest absolute Gasteiger partial charge is 0.350 e. The third-order valence-corrected chi connectivity index (χ3v) is 6.20. The van der Waals surface area contributed by atoms with E-state index in [4.69, 9.17) is 0 Å². The molecular formula is C20H27N3O4S2. The topological polar surface area (TPSA) is 95.6 Å². The number of hydrogen-bond acceptors (Lipinski definition) is 5. The molecule has 2 rings (SSSR count). The minimum atomic E-state index is -3.77. The van der Waals surface area contributed by atoms with Crippen molar-refractivity contribution in [1.82, 2.24) is 14.9 Å². The highest BCUT2D eigenvalue weighted by molar-refractivity contribution is 7.89. The summed E-state index contributed by atoms with van der Waals surface area (Å²) in [4.78, 5) is 27.3. The Morgan fingerprint density at radius 3 is 2.45 bits per heavy atom. The van der Waals surface area contributed by atoms with Crippen molar-refractivity contribution in [2.75, 3.05) is 13.1 Å². The number of sulfonamides is 1. The maximum Gasteiger partial charge on any atom is 0.254 e. The van der Waals surface area contributed by atoms with Crippen LogP contribution in [0.5, 0.6) is 0 Å². The minimum absolute atomic E-state index is 0.00935. The lowest BCUT2D eigenvalue weighted by Crippen LogP contribution is -2.47. The fourth-order valence-electron chi connectivity index (χ4n) is 2.60. The molecule has 0 saturated heterocycles. The van der Waals surface area contributed by atoms with Gasteiger partial charge in [0.05, 0.1) is 11.4 Å². The number of carbonyl (C=O) groups is 2. The Kier molecular flexibility index (Phi) is 7.56. The summed E-state index contributed by atoms with van der Waals surface area (Å²) in [5, 5.41) is 4.69. The molecular weight excluding hydrogens is 410 g/mol. The molecule has 1 aromatic carbocycles. The fraction of sp³-hybridized carbons (Fsp3) is 0.400. The Morgan fingerprint density at radius 2 is 1.86 bits per heavy atom. The summed E-state index contributed by atoms with van der Waals surface area (Å²) in [7, 11) is -3.77. The van der Waals surface area contributed by atoms with Crippen molar-refractivity contribution < 1.29 is 18.0 Å². The zero-order valence-electron chi connectivity index (χ0n) is 17.1. The van der Waals surface area contributed by atoms with Crippen LogP contribution in [0, 0.1) is 0 Å². The van der Waals surface area contributed by atoms with Crippen molar-refractivity contribution in [2.24, 2.45) is 0 Å². The third kappa shape index (κ3) is 6.95. The number of benzene rings is 1. The molecule has 2 aromatic rings. The molecule has 2 amide bonds. The number of nitrogens with one attached hydrogen (secondary N) is 2. The lowest BCUT2D eigenvalue weighted by Gasteiger charge is -2.25. The van der Waals surface area contributed by atoms with Gasteiger partial charge in [0.2, 0.25) is 15.9 Å². The molecule has 9 heteroatoms. The number of thiophene rings is 1. The van der Waals surface area contributed by atoms with Crippen molar-refractivity contribution in [3.8, 4) is 0 Å². The van der Waals surface area contributed by atoms with E-state index in [0.29, 0.717) is 6.54 Å². The normalized spacial score (nSPS) is 11.9. The number of hydrogen-bond donors (Lipinski definition) is 2. The number of rotatable bonds is 8. The van der Waals surface area contributed by atoms with E-state index in [1.54, 1.807) is 13.0 Å². The van der Waals surface area contributed by atoms with Crippen LogP contribution in [-0.2, 0) is 21.4 Å². The molecule has 0 aliphatic heterocycles. The quantitative estimate of drug-likeness (QED) is 0.664. The fourth-order valence-corrected chi connectivity index (χ4v) is 4.39. The van der Waals surface area contributed by atoms with Gasteiger partial charge in [-0.2, -0.15) is 0 Å². The molecule has 0 saturated carbocycles. The van der Waals surface area contributed by atoms with Crippen LogP contribution >= 0.6 is 11.3 Å². The zero-order chi connectivity index (χ0) is 21.7.